The van der Waals surface area contributed by atoms with Crippen LogP contribution in [0.25, 0.3) is 0 Å². The van der Waals surface area contributed by atoms with Crippen molar-refractivity contribution in [3.8, 4) is 5.75 Å². The number of para-hydroxylation sites is 1. The van der Waals surface area contributed by atoms with Gasteiger partial charge in [-0.2, -0.15) is 0 Å². The molecule has 1 aliphatic carbocycles. The Kier molecular flexibility index (Phi) is 5.73. The molecule has 4 rings (SSSR count). The van der Waals surface area contributed by atoms with Crippen LogP contribution in [0.4, 0.5) is 0 Å². The smallest absolute Gasteiger partial charge is 0.224 e. The van der Waals surface area contributed by atoms with E-state index in [4.69, 9.17) is 4.74 Å². The van der Waals surface area contributed by atoms with Crippen molar-refractivity contribution < 1.29 is 9.53 Å². The summed E-state index contributed by atoms with van der Waals surface area (Å²) in [6, 6.07) is 19.2. The van der Waals surface area contributed by atoms with E-state index in [9.17, 15) is 4.79 Å². The van der Waals surface area contributed by atoms with Crippen LogP contribution in [-0.4, -0.2) is 54.5 Å². The lowest BCUT2D eigenvalue weighted by atomic mass is 9.87. The van der Waals surface area contributed by atoms with Crippen molar-refractivity contribution in [3.05, 3.63) is 65.7 Å². The molecule has 0 bridgehead atoms. The number of hydrogen-bond donors (Lipinski definition) is 0. The average molecular weight is 364 g/mol. The normalized spacial score (nSPS) is 20.8. The zero-order valence-corrected chi connectivity index (χ0v) is 15.8. The maximum atomic E-state index is 12.5. The quantitative estimate of drug-likeness (QED) is 0.817. The summed E-state index contributed by atoms with van der Waals surface area (Å²) in [7, 11) is 0. The zero-order valence-electron chi connectivity index (χ0n) is 15.8. The van der Waals surface area contributed by atoms with E-state index in [2.05, 4.69) is 29.2 Å². The van der Waals surface area contributed by atoms with Gasteiger partial charge in [0.2, 0.25) is 5.91 Å². The van der Waals surface area contributed by atoms with Crippen LogP contribution in [0.2, 0.25) is 0 Å². The first-order valence-electron chi connectivity index (χ1n) is 10.1. The van der Waals surface area contributed by atoms with E-state index < -0.39 is 0 Å². The molecule has 2 aromatic rings. The molecular formula is C23H28N2O2. The van der Waals surface area contributed by atoms with Gasteiger partial charge in [-0.15, -0.1) is 0 Å². The van der Waals surface area contributed by atoms with Crippen molar-refractivity contribution in [1.29, 1.82) is 0 Å². The number of nitrogens with zero attached hydrogens (tertiary/aromatic N) is 2. The number of hydrogen-bond acceptors (Lipinski definition) is 3. The summed E-state index contributed by atoms with van der Waals surface area (Å²) in [4.78, 5) is 17.0. The van der Waals surface area contributed by atoms with Gasteiger partial charge >= 0.3 is 0 Å². The molecule has 0 radical (unpaired) electrons. The molecule has 4 nitrogen and oxygen atoms in total. The van der Waals surface area contributed by atoms with Crippen LogP contribution in [0.3, 0.4) is 0 Å². The minimum atomic E-state index is 0.255. The average Bonchev–Trinajstić information content (AvgIpc) is 2.90. The second-order valence-electron chi connectivity index (χ2n) is 7.49. The molecule has 0 spiro atoms. The van der Waals surface area contributed by atoms with Gasteiger partial charge in [0.25, 0.3) is 0 Å². The highest BCUT2D eigenvalue weighted by Crippen LogP contribution is 2.25. The molecule has 4 heteroatoms. The van der Waals surface area contributed by atoms with E-state index >= 15 is 0 Å². The van der Waals surface area contributed by atoms with Crippen LogP contribution in [0.1, 0.15) is 24.0 Å². The van der Waals surface area contributed by atoms with Crippen LogP contribution in [0.5, 0.6) is 5.75 Å². The highest BCUT2D eigenvalue weighted by Gasteiger charge is 2.28. The monoisotopic (exact) mass is 364 g/mol. The van der Waals surface area contributed by atoms with Crippen LogP contribution in [-0.2, 0) is 17.6 Å². The zero-order chi connectivity index (χ0) is 18.5. The highest BCUT2D eigenvalue weighted by atomic mass is 16.5. The van der Waals surface area contributed by atoms with Gasteiger partial charge in [0.1, 0.15) is 12.4 Å². The van der Waals surface area contributed by atoms with Crippen LogP contribution in [0, 0.1) is 0 Å². The Labute approximate surface area is 161 Å². The lowest BCUT2D eigenvalue weighted by Crippen LogP contribution is -2.42. The van der Waals surface area contributed by atoms with Crippen molar-refractivity contribution in [1.82, 2.24) is 9.80 Å². The van der Waals surface area contributed by atoms with Gasteiger partial charge in [0.15, 0.2) is 0 Å². The molecular weight excluding hydrogens is 336 g/mol. The third-order valence-corrected chi connectivity index (χ3v) is 5.83. The number of carbonyl (C=O) groups is 1. The Balaban J connectivity index is 1.30. The number of benzene rings is 2. The lowest BCUT2D eigenvalue weighted by molar-refractivity contribution is -0.130. The number of aryl methyl sites for hydroxylation is 1. The number of carbonyl (C=O) groups excluding carboxylic acids is 1. The number of fused-ring (bicyclic) bond motifs is 1. The van der Waals surface area contributed by atoms with Gasteiger partial charge in [-0.1, -0.05) is 42.5 Å². The van der Waals surface area contributed by atoms with Gasteiger partial charge in [-0.3, -0.25) is 9.69 Å². The summed E-state index contributed by atoms with van der Waals surface area (Å²) >= 11 is 0. The predicted octanol–water partition coefficient (Wildman–Crippen LogP) is 3.16. The van der Waals surface area contributed by atoms with Crippen molar-refractivity contribution in [2.24, 2.45) is 0 Å². The maximum Gasteiger partial charge on any atom is 0.224 e. The van der Waals surface area contributed by atoms with Gasteiger partial charge in [0.05, 0.1) is 6.54 Å². The van der Waals surface area contributed by atoms with E-state index in [-0.39, 0.29) is 5.91 Å². The first-order chi connectivity index (χ1) is 13.3. The summed E-state index contributed by atoms with van der Waals surface area (Å²) in [5.74, 6) is 1.12. The van der Waals surface area contributed by atoms with Gasteiger partial charge < -0.3 is 9.64 Å². The third kappa shape index (κ3) is 4.51. The van der Waals surface area contributed by atoms with Crippen LogP contribution in [0.15, 0.2) is 54.6 Å². The molecule has 0 unspecified atom stereocenters. The Morgan fingerprint density at radius 3 is 2.52 bits per heavy atom. The number of ether oxygens (including phenoxy) is 1. The second-order valence-corrected chi connectivity index (χ2v) is 7.49. The Morgan fingerprint density at radius 2 is 1.67 bits per heavy atom. The molecule has 0 aromatic heterocycles. The molecule has 1 aliphatic heterocycles. The van der Waals surface area contributed by atoms with Crippen molar-refractivity contribution in [3.63, 3.8) is 0 Å². The number of amides is 1. The maximum absolute atomic E-state index is 12.5. The fraction of sp³-hybridized carbons (Fsp3) is 0.435. The molecule has 0 saturated carbocycles. The molecule has 1 fully saturated rings. The fourth-order valence-corrected chi connectivity index (χ4v) is 4.27. The second kappa shape index (κ2) is 8.57. The lowest BCUT2D eigenvalue weighted by Gasteiger charge is -2.34. The van der Waals surface area contributed by atoms with E-state index in [1.54, 1.807) is 0 Å². The van der Waals surface area contributed by atoms with E-state index in [0.717, 1.165) is 38.2 Å². The van der Waals surface area contributed by atoms with Crippen molar-refractivity contribution in [2.45, 2.75) is 31.7 Å². The number of rotatable bonds is 5. The largest absolute Gasteiger partial charge is 0.492 e. The summed E-state index contributed by atoms with van der Waals surface area (Å²) in [6.45, 7) is 3.85. The third-order valence-electron chi connectivity index (χ3n) is 5.83. The van der Waals surface area contributed by atoms with E-state index in [1.807, 2.05) is 35.2 Å². The summed E-state index contributed by atoms with van der Waals surface area (Å²) in [5, 5.41) is 0. The predicted molar refractivity (Wildman–Crippen MR) is 107 cm³/mol. The summed E-state index contributed by atoms with van der Waals surface area (Å²) < 4.78 is 5.77. The van der Waals surface area contributed by atoms with Crippen molar-refractivity contribution in [2.75, 3.05) is 32.8 Å². The molecule has 1 amide bonds. The molecule has 2 aliphatic rings. The molecule has 1 atom stereocenters. The Morgan fingerprint density at radius 1 is 0.889 bits per heavy atom. The first-order valence-corrected chi connectivity index (χ1v) is 10.1. The van der Waals surface area contributed by atoms with Crippen molar-refractivity contribution >= 4 is 5.91 Å². The van der Waals surface area contributed by atoms with Gasteiger partial charge in [-0.05, 0) is 42.5 Å². The standard InChI is InChI=1S/C23H28N2O2/c26-23-12-13-24(21-11-10-19-6-4-5-7-20(19)18-21)14-15-25(23)16-17-27-22-8-2-1-3-9-22/h1-9,21H,10-18H2/t21-/m0/s1. The van der Waals surface area contributed by atoms with Crippen LogP contribution < -0.4 is 4.74 Å². The van der Waals surface area contributed by atoms with Gasteiger partial charge in [-0.25, -0.2) is 0 Å². The SMILES string of the molecule is O=C1CCN([C@H]2CCc3ccccc3C2)CCN1CCOc1ccccc1. The Hall–Kier alpha value is -2.33. The minimum absolute atomic E-state index is 0.255. The summed E-state index contributed by atoms with van der Waals surface area (Å²) in [5.41, 5.74) is 2.98. The van der Waals surface area contributed by atoms with Gasteiger partial charge in [0, 0.05) is 32.1 Å². The molecule has 0 N–H and O–H groups in total. The minimum Gasteiger partial charge on any atom is -0.492 e. The molecule has 142 valence electrons. The van der Waals surface area contributed by atoms with Crippen LogP contribution >= 0.6 is 0 Å². The first kappa shape index (κ1) is 18.1. The highest BCUT2D eigenvalue weighted by molar-refractivity contribution is 5.76. The molecule has 2 aromatic carbocycles. The molecule has 1 saturated heterocycles. The van der Waals surface area contributed by atoms with E-state index in [0.29, 0.717) is 25.6 Å². The fourth-order valence-electron chi connectivity index (χ4n) is 4.27. The Bertz CT molecular complexity index is 762. The van der Waals surface area contributed by atoms with E-state index in [1.165, 1.54) is 17.5 Å². The molecule has 27 heavy (non-hydrogen) atoms. The molecule has 1 heterocycles. The topological polar surface area (TPSA) is 32.8 Å². The summed E-state index contributed by atoms with van der Waals surface area (Å²) in [6.07, 6.45) is 4.08.